The number of anilines is 1. The molecule has 0 saturated heterocycles. The summed E-state index contributed by atoms with van der Waals surface area (Å²) in [4.78, 5) is 45.8. The summed E-state index contributed by atoms with van der Waals surface area (Å²) in [6, 6.07) is 18.6. The Labute approximate surface area is 207 Å². The van der Waals surface area contributed by atoms with Crippen molar-refractivity contribution in [3.63, 3.8) is 0 Å². The van der Waals surface area contributed by atoms with Crippen molar-refractivity contribution in [1.29, 1.82) is 0 Å². The minimum Gasteiger partial charge on any atom is -0.444 e. The normalized spacial score (nSPS) is 18.9. The summed E-state index contributed by atoms with van der Waals surface area (Å²) in [5.41, 5.74) is 5.91. The number of pyridine rings is 1. The molecule has 2 aromatic heterocycles. The predicted octanol–water partition coefficient (Wildman–Crippen LogP) is 3.34. The standard InChI is InChI=1S/C27H25N5O4/c1-17-6-4-11-22(30-17)25(34)36-27(26(28)35)13-20(14-27)32-15-23(29-16-32)31-24(33)12-19-9-5-8-18-7-2-3-10-21(18)19/h2-11,15-16,20H,12-14H2,1H3,(H2,28,35)(H,31,33). The maximum atomic E-state index is 12.7. The molecule has 1 aliphatic rings. The number of hydrogen-bond donors (Lipinski definition) is 2. The fourth-order valence-corrected chi connectivity index (χ4v) is 4.54. The lowest BCUT2D eigenvalue weighted by Gasteiger charge is -2.44. The first-order chi connectivity index (χ1) is 17.3. The van der Waals surface area contributed by atoms with Gasteiger partial charge in [0.05, 0.1) is 12.7 Å². The van der Waals surface area contributed by atoms with E-state index >= 15 is 0 Å². The zero-order valence-corrected chi connectivity index (χ0v) is 19.7. The number of carbonyl (C=O) groups excluding carboxylic acids is 3. The Morgan fingerprint density at radius 1 is 1.08 bits per heavy atom. The van der Waals surface area contributed by atoms with Crippen molar-refractivity contribution in [3.8, 4) is 0 Å². The molecule has 0 unspecified atom stereocenters. The molecule has 0 radical (unpaired) electrons. The van der Waals surface area contributed by atoms with E-state index in [2.05, 4.69) is 15.3 Å². The number of primary amides is 1. The number of imidazole rings is 1. The molecule has 36 heavy (non-hydrogen) atoms. The van der Waals surface area contributed by atoms with Gasteiger partial charge in [0.1, 0.15) is 5.69 Å². The highest BCUT2D eigenvalue weighted by Gasteiger charge is 2.53. The Morgan fingerprint density at radius 3 is 2.61 bits per heavy atom. The van der Waals surface area contributed by atoms with Gasteiger partial charge in [0.15, 0.2) is 11.4 Å². The van der Waals surface area contributed by atoms with Gasteiger partial charge in [-0.3, -0.25) is 9.59 Å². The Morgan fingerprint density at radius 2 is 1.83 bits per heavy atom. The van der Waals surface area contributed by atoms with Crippen molar-refractivity contribution in [2.24, 2.45) is 5.73 Å². The van der Waals surface area contributed by atoms with Crippen LogP contribution in [0.2, 0.25) is 0 Å². The molecular formula is C27H25N5O4. The minimum absolute atomic E-state index is 0.123. The highest BCUT2D eigenvalue weighted by molar-refractivity contribution is 5.96. The largest absolute Gasteiger partial charge is 0.444 e. The number of nitrogens with zero attached hydrogens (tertiary/aromatic N) is 3. The highest BCUT2D eigenvalue weighted by Crippen LogP contribution is 2.44. The van der Waals surface area contributed by atoms with Crippen LogP contribution >= 0.6 is 0 Å². The first-order valence-corrected chi connectivity index (χ1v) is 11.6. The van der Waals surface area contributed by atoms with E-state index in [1.54, 1.807) is 36.1 Å². The van der Waals surface area contributed by atoms with Crippen LogP contribution in [-0.4, -0.2) is 37.9 Å². The highest BCUT2D eigenvalue weighted by atomic mass is 16.6. The number of hydrogen-bond acceptors (Lipinski definition) is 6. The van der Waals surface area contributed by atoms with Gasteiger partial charge >= 0.3 is 5.97 Å². The van der Waals surface area contributed by atoms with Crippen molar-refractivity contribution < 1.29 is 19.1 Å². The van der Waals surface area contributed by atoms with Crippen LogP contribution in [0.1, 0.15) is 40.6 Å². The zero-order chi connectivity index (χ0) is 25.3. The molecule has 182 valence electrons. The number of amides is 2. The molecule has 3 N–H and O–H groups in total. The summed E-state index contributed by atoms with van der Waals surface area (Å²) >= 11 is 0. The molecule has 4 aromatic rings. The molecule has 9 nitrogen and oxygen atoms in total. The maximum Gasteiger partial charge on any atom is 0.357 e. The van der Waals surface area contributed by atoms with Crippen LogP contribution < -0.4 is 11.1 Å². The third kappa shape index (κ3) is 4.55. The second-order valence-corrected chi connectivity index (χ2v) is 9.04. The summed E-state index contributed by atoms with van der Waals surface area (Å²) in [5, 5.41) is 4.94. The van der Waals surface area contributed by atoms with E-state index in [0.29, 0.717) is 11.5 Å². The zero-order valence-electron chi connectivity index (χ0n) is 19.7. The number of carbonyl (C=O) groups is 3. The van der Waals surface area contributed by atoms with Crippen LogP contribution in [0, 0.1) is 6.92 Å². The fraction of sp³-hybridized carbons (Fsp3) is 0.222. The molecule has 2 aromatic carbocycles. The van der Waals surface area contributed by atoms with E-state index in [9.17, 15) is 14.4 Å². The van der Waals surface area contributed by atoms with E-state index in [1.807, 2.05) is 42.5 Å². The van der Waals surface area contributed by atoms with Crippen LogP contribution in [0.5, 0.6) is 0 Å². The lowest BCUT2D eigenvalue weighted by atomic mass is 9.74. The molecule has 0 atom stereocenters. The molecule has 2 amide bonds. The number of fused-ring (bicyclic) bond motifs is 1. The molecule has 0 aliphatic heterocycles. The molecule has 1 aliphatic carbocycles. The van der Waals surface area contributed by atoms with Gasteiger partial charge in [-0.05, 0) is 35.4 Å². The summed E-state index contributed by atoms with van der Waals surface area (Å²) in [6.45, 7) is 1.76. The van der Waals surface area contributed by atoms with Gasteiger partial charge in [-0.2, -0.15) is 0 Å². The van der Waals surface area contributed by atoms with Crippen molar-refractivity contribution in [2.75, 3.05) is 5.32 Å². The second-order valence-electron chi connectivity index (χ2n) is 9.04. The lowest BCUT2D eigenvalue weighted by Crippen LogP contribution is -2.57. The van der Waals surface area contributed by atoms with Gasteiger partial charge in [-0.15, -0.1) is 0 Å². The van der Waals surface area contributed by atoms with Gasteiger partial charge in [-0.25, -0.2) is 14.8 Å². The van der Waals surface area contributed by atoms with Crippen LogP contribution in [0.25, 0.3) is 10.8 Å². The second kappa shape index (κ2) is 9.26. The topological polar surface area (TPSA) is 129 Å². The Hall–Kier alpha value is -4.53. The van der Waals surface area contributed by atoms with E-state index < -0.39 is 17.5 Å². The smallest absolute Gasteiger partial charge is 0.357 e. The molecule has 2 heterocycles. The first-order valence-electron chi connectivity index (χ1n) is 11.6. The summed E-state index contributed by atoms with van der Waals surface area (Å²) in [7, 11) is 0. The number of rotatable bonds is 7. The average Bonchev–Trinajstić information content (AvgIpc) is 3.28. The third-order valence-corrected chi connectivity index (χ3v) is 6.49. The molecule has 9 heteroatoms. The molecule has 1 saturated carbocycles. The minimum atomic E-state index is -1.41. The summed E-state index contributed by atoms with van der Waals surface area (Å²) in [6.07, 6.45) is 3.90. The number of nitrogens with two attached hydrogens (primary N) is 1. The SMILES string of the molecule is Cc1cccc(C(=O)OC2(C(N)=O)CC(n3cnc(NC(=O)Cc4cccc5ccccc45)c3)C2)n1. The van der Waals surface area contributed by atoms with Crippen molar-refractivity contribution in [3.05, 3.63) is 90.1 Å². The lowest BCUT2D eigenvalue weighted by molar-refractivity contribution is -0.152. The molecular weight excluding hydrogens is 458 g/mol. The van der Waals surface area contributed by atoms with Gasteiger partial charge < -0.3 is 20.4 Å². The average molecular weight is 484 g/mol. The molecule has 0 spiro atoms. The van der Waals surface area contributed by atoms with Crippen LogP contribution in [0.15, 0.2) is 73.2 Å². The molecule has 1 fully saturated rings. The van der Waals surface area contributed by atoms with Crippen molar-refractivity contribution in [1.82, 2.24) is 14.5 Å². The number of aromatic nitrogens is 3. The first kappa shape index (κ1) is 23.2. The molecule has 5 rings (SSSR count). The molecule has 0 bridgehead atoms. The van der Waals surface area contributed by atoms with Crippen LogP contribution in [-0.2, 0) is 20.7 Å². The van der Waals surface area contributed by atoms with Gasteiger partial charge in [-0.1, -0.05) is 48.5 Å². The van der Waals surface area contributed by atoms with Gasteiger partial charge in [0, 0.05) is 30.8 Å². The quantitative estimate of drug-likeness (QED) is 0.388. The van der Waals surface area contributed by atoms with Crippen molar-refractivity contribution in [2.45, 2.75) is 37.8 Å². The predicted molar refractivity (Wildman–Crippen MR) is 133 cm³/mol. The van der Waals surface area contributed by atoms with E-state index in [1.165, 1.54) is 6.07 Å². The van der Waals surface area contributed by atoms with Gasteiger partial charge in [0.25, 0.3) is 5.91 Å². The van der Waals surface area contributed by atoms with Crippen LogP contribution in [0.3, 0.4) is 0 Å². The number of aryl methyl sites for hydroxylation is 1. The number of ether oxygens (including phenoxy) is 1. The van der Waals surface area contributed by atoms with E-state index in [0.717, 1.165) is 16.3 Å². The van der Waals surface area contributed by atoms with Gasteiger partial charge in [0.2, 0.25) is 5.91 Å². The van der Waals surface area contributed by atoms with E-state index in [4.69, 9.17) is 10.5 Å². The van der Waals surface area contributed by atoms with Crippen LogP contribution in [0.4, 0.5) is 5.82 Å². The Kier molecular flexibility index (Phi) is 5.97. The monoisotopic (exact) mass is 483 g/mol. The Balaban J connectivity index is 1.22. The number of nitrogens with one attached hydrogen (secondary N) is 1. The number of benzene rings is 2. The Bertz CT molecular complexity index is 1470. The van der Waals surface area contributed by atoms with Crippen molar-refractivity contribution >= 4 is 34.4 Å². The number of esters is 1. The maximum absolute atomic E-state index is 12.7. The summed E-state index contributed by atoms with van der Waals surface area (Å²) in [5.74, 6) is -1.18. The fourth-order valence-electron chi connectivity index (χ4n) is 4.54. The third-order valence-electron chi connectivity index (χ3n) is 6.49. The summed E-state index contributed by atoms with van der Waals surface area (Å²) < 4.78 is 7.31. The van der Waals surface area contributed by atoms with E-state index in [-0.39, 0.29) is 36.9 Å².